The molecule has 0 amide bonds. The van der Waals surface area contributed by atoms with Crippen molar-refractivity contribution in [2.45, 2.75) is 63.0 Å². The fraction of sp³-hybridized carbons (Fsp3) is 0.846. The van der Waals surface area contributed by atoms with Crippen molar-refractivity contribution >= 4 is 0 Å². The van der Waals surface area contributed by atoms with Crippen LogP contribution in [0.2, 0.25) is 0 Å². The molecule has 1 atom stereocenters. The van der Waals surface area contributed by atoms with Crippen molar-refractivity contribution in [2.24, 2.45) is 5.73 Å². The number of rotatable bonds is 3. The summed E-state index contributed by atoms with van der Waals surface area (Å²) in [6.45, 7) is 0.752. The molecule has 0 heterocycles. The molecule has 0 aliphatic heterocycles. The van der Waals surface area contributed by atoms with Gasteiger partial charge in [0.15, 0.2) is 0 Å². The van der Waals surface area contributed by atoms with Gasteiger partial charge in [-0.05, 0) is 32.1 Å². The predicted octanol–water partition coefficient (Wildman–Crippen LogP) is 2.77. The molecule has 2 rings (SSSR count). The van der Waals surface area contributed by atoms with Crippen molar-refractivity contribution in [3.63, 3.8) is 0 Å². The normalized spacial score (nSPS) is 30.3. The number of nitrogens with two attached hydrogens (primary N) is 1. The zero-order chi connectivity index (χ0) is 10.6. The van der Waals surface area contributed by atoms with Gasteiger partial charge in [-0.15, -0.1) is 0 Å². The molecule has 1 saturated carbocycles. The molecule has 0 spiro atoms. The molecule has 2 aliphatic carbocycles. The predicted molar refractivity (Wildman–Crippen MR) is 62.7 cm³/mol. The van der Waals surface area contributed by atoms with E-state index in [1.165, 1.54) is 38.5 Å². The van der Waals surface area contributed by atoms with Crippen LogP contribution in [-0.4, -0.2) is 18.2 Å². The van der Waals surface area contributed by atoms with Crippen LogP contribution < -0.4 is 5.73 Å². The van der Waals surface area contributed by atoms with Crippen molar-refractivity contribution in [2.75, 3.05) is 6.61 Å². The minimum absolute atomic E-state index is 0.0243. The Morgan fingerprint density at radius 1 is 1.20 bits per heavy atom. The van der Waals surface area contributed by atoms with Gasteiger partial charge in [0, 0.05) is 5.54 Å². The van der Waals surface area contributed by atoms with Crippen molar-refractivity contribution < 1.29 is 4.74 Å². The van der Waals surface area contributed by atoms with Gasteiger partial charge in [-0.1, -0.05) is 31.4 Å². The van der Waals surface area contributed by atoms with Crippen molar-refractivity contribution in [1.82, 2.24) is 0 Å². The van der Waals surface area contributed by atoms with E-state index in [1.807, 2.05) is 0 Å². The molecule has 15 heavy (non-hydrogen) atoms. The van der Waals surface area contributed by atoms with E-state index in [0.717, 1.165) is 19.4 Å². The van der Waals surface area contributed by atoms with Gasteiger partial charge in [-0.2, -0.15) is 0 Å². The van der Waals surface area contributed by atoms with Gasteiger partial charge in [0.05, 0.1) is 12.7 Å². The molecular formula is C13H23NO. The van der Waals surface area contributed by atoms with Crippen molar-refractivity contribution in [3.8, 4) is 0 Å². The van der Waals surface area contributed by atoms with E-state index in [-0.39, 0.29) is 5.54 Å². The first kappa shape index (κ1) is 11.2. The zero-order valence-electron chi connectivity index (χ0n) is 9.58. The van der Waals surface area contributed by atoms with Crippen LogP contribution in [0.3, 0.4) is 0 Å². The second kappa shape index (κ2) is 5.13. The van der Waals surface area contributed by atoms with Crippen LogP contribution in [-0.2, 0) is 4.74 Å². The SMILES string of the molecule is NC1(COC2C=CCCC2)CCCCC1. The molecule has 2 aliphatic rings. The Morgan fingerprint density at radius 2 is 2.00 bits per heavy atom. The smallest absolute Gasteiger partial charge is 0.0756 e. The number of ether oxygens (including phenoxy) is 1. The highest BCUT2D eigenvalue weighted by Gasteiger charge is 2.28. The van der Waals surface area contributed by atoms with Crippen molar-refractivity contribution in [1.29, 1.82) is 0 Å². The molecule has 0 aromatic rings. The van der Waals surface area contributed by atoms with Gasteiger partial charge < -0.3 is 10.5 Å². The Balaban J connectivity index is 1.75. The van der Waals surface area contributed by atoms with Gasteiger partial charge in [0.1, 0.15) is 0 Å². The summed E-state index contributed by atoms with van der Waals surface area (Å²) in [7, 11) is 0. The Bertz CT molecular complexity index is 219. The molecule has 2 N–H and O–H groups in total. The highest BCUT2D eigenvalue weighted by Crippen LogP contribution is 2.27. The Hall–Kier alpha value is -0.340. The van der Waals surface area contributed by atoms with E-state index in [2.05, 4.69) is 12.2 Å². The van der Waals surface area contributed by atoms with Crippen LogP contribution in [0.25, 0.3) is 0 Å². The summed E-state index contributed by atoms with van der Waals surface area (Å²) in [4.78, 5) is 0. The zero-order valence-corrected chi connectivity index (χ0v) is 9.58. The third-order valence-electron chi connectivity index (χ3n) is 3.64. The number of hydrogen-bond donors (Lipinski definition) is 1. The Morgan fingerprint density at radius 3 is 2.67 bits per heavy atom. The summed E-state index contributed by atoms with van der Waals surface area (Å²) >= 11 is 0. The summed E-state index contributed by atoms with van der Waals surface area (Å²) in [5.74, 6) is 0. The van der Waals surface area contributed by atoms with E-state index >= 15 is 0 Å². The largest absolute Gasteiger partial charge is 0.372 e. The number of allylic oxidation sites excluding steroid dienone is 1. The quantitative estimate of drug-likeness (QED) is 0.725. The van der Waals surface area contributed by atoms with Crippen LogP contribution >= 0.6 is 0 Å². The maximum Gasteiger partial charge on any atom is 0.0756 e. The van der Waals surface area contributed by atoms with E-state index in [1.54, 1.807) is 0 Å². The monoisotopic (exact) mass is 209 g/mol. The molecule has 2 nitrogen and oxygen atoms in total. The lowest BCUT2D eigenvalue weighted by Crippen LogP contribution is -2.46. The fourth-order valence-corrected chi connectivity index (χ4v) is 2.59. The van der Waals surface area contributed by atoms with Crippen LogP contribution in [0, 0.1) is 0 Å². The van der Waals surface area contributed by atoms with Gasteiger partial charge in [0.25, 0.3) is 0 Å². The second-order valence-corrected chi connectivity index (χ2v) is 5.13. The second-order valence-electron chi connectivity index (χ2n) is 5.13. The van der Waals surface area contributed by atoms with Crippen LogP contribution in [0.5, 0.6) is 0 Å². The average Bonchev–Trinajstić information content (AvgIpc) is 2.29. The molecule has 0 radical (unpaired) electrons. The van der Waals surface area contributed by atoms with E-state index in [9.17, 15) is 0 Å². The molecule has 0 saturated heterocycles. The number of hydrogen-bond acceptors (Lipinski definition) is 2. The van der Waals surface area contributed by atoms with Gasteiger partial charge in [-0.25, -0.2) is 0 Å². The summed E-state index contributed by atoms with van der Waals surface area (Å²) in [6.07, 6.45) is 14.6. The Labute approximate surface area is 92.9 Å². The topological polar surface area (TPSA) is 35.2 Å². The lowest BCUT2D eigenvalue weighted by atomic mass is 9.83. The van der Waals surface area contributed by atoms with E-state index in [4.69, 9.17) is 10.5 Å². The van der Waals surface area contributed by atoms with Gasteiger partial charge in [-0.3, -0.25) is 0 Å². The minimum atomic E-state index is -0.0243. The first-order chi connectivity index (χ1) is 7.29. The van der Waals surface area contributed by atoms with E-state index < -0.39 is 0 Å². The fourth-order valence-electron chi connectivity index (χ4n) is 2.59. The molecule has 1 unspecified atom stereocenters. The Kier molecular flexibility index (Phi) is 3.81. The maximum atomic E-state index is 6.33. The average molecular weight is 209 g/mol. The van der Waals surface area contributed by atoms with Gasteiger partial charge >= 0.3 is 0 Å². The molecule has 0 bridgehead atoms. The van der Waals surface area contributed by atoms with Crippen LogP contribution in [0.15, 0.2) is 12.2 Å². The highest BCUT2D eigenvalue weighted by molar-refractivity contribution is 4.95. The van der Waals surface area contributed by atoms with Crippen LogP contribution in [0.4, 0.5) is 0 Å². The summed E-state index contributed by atoms with van der Waals surface area (Å²) < 4.78 is 5.91. The van der Waals surface area contributed by atoms with Crippen molar-refractivity contribution in [3.05, 3.63) is 12.2 Å². The molecule has 0 aromatic carbocycles. The lowest BCUT2D eigenvalue weighted by Gasteiger charge is -2.34. The van der Waals surface area contributed by atoms with E-state index in [0.29, 0.717) is 6.10 Å². The van der Waals surface area contributed by atoms with Crippen LogP contribution in [0.1, 0.15) is 51.4 Å². The van der Waals surface area contributed by atoms with Gasteiger partial charge in [0.2, 0.25) is 0 Å². The standard InChI is InChI=1S/C13H23NO/c14-13(9-5-2-6-10-13)11-15-12-7-3-1-4-8-12/h3,7,12H,1-2,4-6,8-11,14H2. The molecule has 1 fully saturated rings. The molecule has 2 heteroatoms. The molecular weight excluding hydrogens is 186 g/mol. The molecule has 0 aromatic heterocycles. The first-order valence-corrected chi connectivity index (χ1v) is 6.36. The summed E-state index contributed by atoms with van der Waals surface area (Å²) in [5, 5.41) is 0. The summed E-state index contributed by atoms with van der Waals surface area (Å²) in [5.41, 5.74) is 6.30. The summed E-state index contributed by atoms with van der Waals surface area (Å²) in [6, 6.07) is 0. The first-order valence-electron chi connectivity index (χ1n) is 6.36. The minimum Gasteiger partial charge on any atom is -0.372 e. The highest BCUT2D eigenvalue weighted by atomic mass is 16.5. The third-order valence-corrected chi connectivity index (χ3v) is 3.64. The lowest BCUT2D eigenvalue weighted by molar-refractivity contribution is 0.0265. The maximum absolute atomic E-state index is 6.33. The third kappa shape index (κ3) is 3.32. The molecule has 86 valence electrons.